The average Bonchev–Trinajstić information content (AvgIpc) is 2.33. The summed E-state index contributed by atoms with van der Waals surface area (Å²) < 4.78 is 53.4. The van der Waals surface area contributed by atoms with Crippen LogP contribution in [0.5, 0.6) is 0 Å². The Hall–Kier alpha value is -1.65. The van der Waals surface area contributed by atoms with E-state index in [0.717, 1.165) is 0 Å². The number of hydrogen-bond donors (Lipinski definition) is 0. The SMILES string of the molecule is O=C1C[C@@H]2C=C[C@H]1c1c(F)c(F)c(F)c(F)c12. The van der Waals surface area contributed by atoms with Gasteiger partial charge in [-0.05, 0) is 0 Å². The number of rotatable bonds is 0. The molecule has 88 valence electrons. The summed E-state index contributed by atoms with van der Waals surface area (Å²) in [6, 6.07) is 0. The van der Waals surface area contributed by atoms with Crippen molar-refractivity contribution in [2.45, 2.75) is 18.3 Å². The van der Waals surface area contributed by atoms with E-state index in [9.17, 15) is 22.4 Å². The fraction of sp³-hybridized carbons (Fsp3) is 0.250. The summed E-state index contributed by atoms with van der Waals surface area (Å²) in [5.41, 5.74) is -0.557. The number of fused-ring (bicyclic) bond motifs is 1. The topological polar surface area (TPSA) is 17.1 Å². The van der Waals surface area contributed by atoms with Gasteiger partial charge in [0.15, 0.2) is 23.3 Å². The van der Waals surface area contributed by atoms with E-state index in [4.69, 9.17) is 0 Å². The Morgan fingerprint density at radius 1 is 0.882 bits per heavy atom. The largest absolute Gasteiger partial charge is 0.299 e. The van der Waals surface area contributed by atoms with E-state index >= 15 is 0 Å². The molecule has 5 heteroatoms. The Kier molecular flexibility index (Phi) is 1.97. The van der Waals surface area contributed by atoms with Gasteiger partial charge in [0, 0.05) is 23.5 Å². The molecule has 0 N–H and O–H groups in total. The zero-order chi connectivity index (χ0) is 12.3. The monoisotopic (exact) mass is 242 g/mol. The molecule has 0 fully saturated rings. The molecule has 1 aromatic carbocycles. The molecular weight excluding hydrogens is 236 g/mol. The fourth-order valence-electron chi connectivity index (χ4n) is 2.55. The van der Waals surface area contributed by atoms with Crippen LogP contribution in [0.3, 0.4) is 0 Å². The molecule has 0 saturated heterocycles. The van der Waals surface area contributed by atoms with Gasteiger partial charge in [0.1, 0.15) is 5.78 Å². The molecule has 0 aliphatic heterocycles. The zero-order valence-corrected chi connectivity index (χ0v) is 8.44. The van der Waals surface area contributed by atoms with Crippen molar-refractivity contribution in [3.8, 4) is 0 Å². The van der Waals surface area contributed by atoms with Crippen molar-refractivity contribution in [2.75, 3.05) is 0 Å². The summed E-state index contributed by atoms with van der Waals surface area (Å²) in [7, 11) is 0. The van der Waals surface area contributed by atoms with Gasteiger partial charge in [0.25, 0.3) is 0 Å². The van der Waals surface area contributed by atoms with E-state index in [0.29, 0.717) is 0 Å². The van der Waals surface area contributed by atoms with Crippen LogP contribution in [-0.4, -0.2) is 5.78 Å². The molecule has 0 spiro atoms. The highest BCUT2D eigenvalue weighted by Gasteiger charge is 2.41. The van der Waals surface area contributed by atoms with Crippen LogP contribution in [-0.2, 0) is 4.79 Å². The summed E-state index contributed by atoms with van der Waals surface area (Å²) >= 11 is 0. The van der Waals surface area contributed by atoms with Gasteiger partial charge in [-0.25, -0.2) is 17.6 Å². The molecule has 3 aliphatic carbocycles. The smallest absolute Gasteiger partial charge is 0.197 e. The average molecular weight is 242 g/mol. The van der Waals surface area contributed by atoms with Crippen LogP contribution in [0, 0.1) is 23.3 Å². The third-order valence-electron chi connectivity index (χ3n) is 3.33. The Bertz CT molecular complexity index is 577. The Morgan fingerprint density at radius 3 is 2.06 bits per heavy atom. The van der Waals surface area contributed by atoms with Gasteiger partial charge in [-0.15, -0.1) is 0 Å². The highest BCUT2D eigenvalue weighted by atomic mass is 19.2. The fourth-order valence-corrected chi connectivity index (χ4v) is 2.55. The van der Waals surface area contributed by atoms with Crippen LogP contribution in [0.25, 0.3) is 0 Å². The zero-order valence-electron chi connectivity index (χ0n) is 8.44. The predicted molar refractivity (Wildman–Crippen MR) is 50.5 cm³/mol. The quantitative estimate of drug-likeness (QED) is 0.296. The van der Waals surface area contributed by atoms with Gasteiger partial charge >= 0.3 is 0 Å². The van der Waals surface area contributed by atoms with E-state index in [1.165, 1.54) is 12.2 Å². The van der Waals surface area contributed by atoms with Gasteiger partial charge in [-0.1, -0.05) is 12.2 Å². The van der Waals surface area contributed by atoms with Gasteiger partial charge in [-0.2, -0.15) is 0 Å². The van der Waals surface area contributed by atoms with E-state index in [1.54, 1.807) is 0 Å². The first-order valence-electron chi connectivity index (χ1n) is 5.09. The normalized spacial score (nSPS) is 25.3. The lowest BCUT2D eigenvalue weighted by Crippen LogP contribution is -2.29. The third kappa shape index (κ3) is 1.16. The van der Waals surface area contributed by atoms with Crippen LogP contribution >= 0.6 is 0 Å². The summed E-state index contributed by atoms with van der Waals surface area (Å²) in [5, 5.41) is 0. The number of carbonyl (C=O) groups is 1. The second-order valence-corrected chi connectivity index (χ2v) is 4.22. The van der Waals surface area contributed by atoms with Crippen molar-refractivity contribution in [1.29, 1.82) is 0 Å². The van der Waals surface area contributed by atoms with Crippen molar-refractivity contribution in [1.82, 2.24) is 0 Å². The lowest BCUT2D eigenvalue weighted by Gasteiger charge is -2.32. The minimum Gasteiger partial charge on any atom is -0.299 e. The number of allylic oxidation sites excluding steroid dienone is 2. The number of halogens is 4. The second kappa shape index (κ2) is 3.18. The molecule has 1 aromatic rings. The molecule has 17 heavy (non-hydrogen) atoms. The molecule has 2 bridgehead atoms. The Labute approximate surface area is 93.7 Å². The first-order valence-corrected chi connectivity index (χ1v) is 5.09. The second-order valence-electron chi connectivity index (χ2n) is 4.22. The minimum absolute atomic E-state index is 0.00952. The van der Waals surface area contributed by atoms with Crippen LogP contribution in [0.1, 0.15) is 29.4 Å². The van der Waals surface area contributed by atoms with Crippen molar-refractivity contribution in [2.24, 2.45) is 0 Å². The first kappa shape index (κ1) is 10.5. The van der Waals surface area contributed by atoms with Crippen LogP contribution in [0.4, 0.5) is 17.6 Å². The molecule has 0 aromatic heterocycles. The predicted octanol–water partition coefficient (Wildman–Crippen LogP) is 2.95. The molecule has 3 aliphatic rings. The molecule has 1 nitrogen and oxygen atoms in total. The van der Waals surface area contributed by atoms with Gasteiger partial charge < -0.3 is 0 Å². The summed E-state index contributed by atoms with van der Waals surface area (Å²) in [5.74, 6) is -8.47. The minimum atomic E-state index is -1.85. The summed E-state index contributed by atoms with van der Waals surface area (Å²) in [4.78, 5) is 11.5. The first-order chi connectivity index (χ1) is 8.02. The summed E-state index contributed by atoms with van der Waals surface area (Å²) in [6.45, 7) is 0. The Balaban J connectivity index is 2.40. The van der Waals surface area contributed by atoms with Crippen molar-refractivity contribution >= 4 is 5.78 Å². The van der Waals surface area contributed by atoms with Crippen molar-refractivity contribution < 1.29 is 22.4 Å². The highest BCUT2D eigenvalue weighted by molar-refractivity contribution is 5.92. The lowest BCUT2D eigenvalue weighted by atomic mass is 9.70. The van der Waals surface area contributed by atoms with E-state index < -0.39 is 35.1 Å². The Morgan fingerprint density at radius 2 is 1.47 bits per heavy atom. The van der Waals surface area contributed by atoms with Crippen molar-refractivity contribution in [3.63, 3.8) is 0 Å². The van der Waals surface area contributed by atoms with E-state index in [2.05, 4.69) is 0 Å². The van der Waals surface area contributed by atoms with Crippen molar-refractivity contribution in [3.05, 3.63) is 46.5 Å². The standard InChI is InChI=1S/C12H6F4O/c13-9-7-4-1-2-5(6(17)3-4)8(7)10(14)12(16)11(9)15/h1-2,4-5H,3H2/t4-,5+/m0/s1. The molecule has 4 rings (SSSR count). The molecule has 0 heterocycles. The van der Waals surface area contributed by atoms with E-state index in [-0.39, 0.29) is 23.3 Å². The van der Waals surface area contributed by atoms with Crippen LogP contribution < -0.4 is 0 Å². The number of Topliss-reactive ketones (excluding diaryl/α,β-unsaturated/α-hetero) is 1. The van der Waals surface area contributed by atoms with E-state index in [1.807, 2.05) is 0 Å². The lowest BCUT2D eigenvalue weighted by molar-refractivity contribution is -0.120. The number of carbonyl (C=O) groups excluding carboxylic acids is 1. The highest BCUT2D eigenvalue weighted by Crippen LogP contribution is 2.46. The maximum atomic E-state index is 13.6. The maximum absolute atomic E-state index is 13.6. The molecule has 2 atom stereocenters. The molecule has 0 radical (unpaired) electrons. The van der Waals surface area contributed by atoms with Crippen LogP contribution in [0.2, 0.25) is 0 Å². The van der Waals surface area contributed by atoms with Gasteiger partial charge in [0.2, 0.25) is 0 Å². The molecule has 0 amide bonds. The maximum Gasteiger partial charge on any atom is 0.197 e. The number of hydrogen-bond acceptors (Lipinski definition) is 1. The van der Waals surface area contributed by atoms with Gasteiger partial charge in [-0.3, -0.25) is 4.79 Å². The molecule has 0 unspecified atom stereocenters. The third-order valence-corrected chi connectivity index (χ3v) is 3.33. The number of ketones is 1. The van der Waals surface area contributed by atoms with Crippen LogP contribution in [0.15, 0.2) is 12.2 Å². The summed E-state index contributed by atoms with van der Waals surface area (Å²) in [6.07, 6.45) is 2.96. The van der Waals surface area contributed by atoms with Gasteiger partial charge in [0.05, 0.1) is 5.92 Å². The molecular formula is C12H6F4O. The number of benzene rings is 1. The molecule has 0 saturated carbocycles.